The number of nitrogens with zero attached hydrogens (tertiary/aromatic N) is 2. The maximum absolute atomic E-state index is 12.3. The molecule has 4 N–H and O–H groups in total. The maximum Gasteiger partial charge on any atom is 0.294 e. The van der Waals surface area contributed by atoms with Gasteiger partial charge in [0, 0.05) is 37.2 Å². The fourth-order valence-corrected chi connectivity index (χ4v) is 2.29. The lowest BCUT2D eigenvalue weighted by molar-refractivity contribution is -0.384. The number of hydrazine groups is 1. The molecule has 8 nitrogen and oxygen atoms in total. The van der Waals surface area contributed by atoms with E-state index in [9.17, 15) is 14.9 Å². The molecule has 0 aromatic heterocycles. The zero-order valence-electron chi connectivity index (χ0n) is 10.8. The van der Waals surface area contributed by atoms with E-state index in [2.05, 4.69) is 5.43 Å². The molecule has 1 aliphatic rings. The van der Waals surface area contributed by atoms with Crippen molar-refractivity contribution in [3.8, 4) is 0 Å². The molecule has 1 aliphatic heterocycles. The third-order valence-corrected chi connectivity index (χ3v) is 3.43. The van der Waals surface area contributed by atoms with Crippen molar-refractivity contribution < 1.29 is 14.8 Å². The van der Waals surface area contributed by atoms with Gasteiger partial charge in [0.05, 0.1) is 4.92 Å². The number of nitro groups is 1. The minimum Gasteiger partial charge on any atom is -0.396 e. The van der Waals surface area contributed by atoms with Crippen LogP contribution in [0.25, 0.3) is 0 Å². The van der Waals surface area contributed by atoms with Crippen molar-refractivity contribution >= 4 is 17.3 Å². The number of nitrogen functional groups attached to an aromatic ring is 1. The van der Waals surface area contributed by atoms with Gasteiger partial charge in [0.15, 0.2) is 0 Å². The van der Waals surface area contributed by atoms with Crippen molar-refractivity contribution in [1.29, 1.82) is 0 Å². The zero-order valence-corrected chi connectivity index (χ0v) is 10.8. The molecule has 0 radical (unpaired) electrons. The summed E-state index contributed by atoms with van der Waals surface area (Å²) in [5, 5.41) is 20.0. The van der Waals surface area contributed by atoms with Crippen LogP contribution in [0.3, 0.4) is 0 Å². The van der Waals surface area contributed by atoms with Gasteiger partial charge in [0.1, 0.15) is 5.69 Å². The lowest BCUT2D eigenvalue weighted by Gasteiger charge is -2.16. The number of nitro benzene ring substituents is 1. The highest BCUT2D eigenvalue weighted by molar-refractivity contribution is 5.95. The van der Waals surface area contributed by atoms with Crippen molar-refractivity contribution in [2.45, 2.75) is 6.42 Å². The number of rotatable bonds is 4. The average Bonchev–Trinajstić information content (AvgIpc) is 2.94. The molecule has 20 heavy (non-hydrogen) atoms. The standard InChI is InChI=1S/C12H16N4O4/c13-14-10-2-1-9(5-11(10)16(19)20)12(18)15-4-3-8(6-15)7-17/h1-2,5,8,14,17H,3-4,6-7,13H2. The van der Waals surface area contributed by atoms with E-state index in [4.69, 9.17) is 10.9 Å². The van der Waals surface area contributed by atoms with Crippen LogP contribution in [-0.4, -0.2) is 40.5 Å². The summed E-state index contributed by atoms with van der Waals surface area (Å²) in [6, 6.07) is 4.12. The van der Waals surface area contributed by atoms with Gasteiger partial charge in [-0.05, 0) is 18.6 Å². The van der Waals surface area contributed by atoms with Crippen LogP contribution < -0.4 is 11.3 Å². The minimum absolute atomic E-state index is 0.0416. The van der Waals surface area contributed by atoms with E-state index in [1.165, 1.54) is 18.2 Å². The molecule has 108 valence electrons. The van der Waals surface area contributed by atoms with E-state index in [-0.39, 0.29) is 35.4 Å². The summed E-state index contributed by atoms with van der Waals surface area (Å²) < 4.78 is 0. The SMILES string of the molecule is NNc1ccc(C(=O)N2CCC(CO)C2)cc1[N+](=O)[O-]. The van der Waals surface area contributed by atoms with Gasteiger partial charge >= 0.3 is 0 Å². The lowest BCUT2D eigenvalue weighted by Crippen LogP contribution is -2.29. The van der Waals surface area contributed by atoms with Gasteiger partial charge in [-0.2, -0.15) is 0 Å². The Morgan fingerprint density at radius 1 is 1.60 bits per heavy atom. The number of nitrogens with two attached hydrogens (primary N) is 1. The summed E-state index contributed by atoms with van der Waals surface area (Å²) in [6.45, 7) is 1.06. The number of likely N-dealkylation sites (tertiary alicyclic amines) is 1. The number of carbonyl (C=O) groups excluding carboxylic acids is 1. The second-order valence-corrected chi connectivity index (χ2v) is 4.72. The molecule has 1 heterocycles. The van der Waals surface area contributed by atoms with Crippen LogP contribution in [0.4, 0.5) is 11.4 Å². The van der Waals surface area contributed by atoms with E-state index >= 15 is 0 Å². The van der Waals surface area contributed by atoms with E-state index < -0.39 is 4.92 Å². The first kappa shape index (κ1) is 14.2. The molecule has 1 amide bonds. The van der Waals surface area contributed by atoms with E-state index in [1.54, 1.807) is 4.90 Å². The first-order valence-electron chi connectivity index (χ1n) is 6.22. The Labute approximate surface area is 115 Å². The first-order valence-corrected chi connectivity index (χ1v) is 6.22. The van der Waals surface area contributed by atoms with Gasteiger partial charge < -0.3 is 15.4 Å². The normalized spacial score (nSPS) is 18.1. The van der Waals surface area contributed by atoms with Crippen molar-refractivity contribution in [1.82, 2.24) is 4.90 Å². The highest BCUT2D eigenvalue weighted by atomic mass is 16.6. The molecule has 0 spiro atoms. The van der Waals surface area contributed by atoms with Crippen LogP contribution in [0, 0.1) is 16.0 Å². The summed E-state index contributed by atoms with van der Waals surface area (Å²) in [7, 11) is 0. The number of nitrogens with one attached hydrogen (secondary N) is 1. The zero-order chi connectivity index (χ0) is 14.7. The Morgan fingerprint density at radius 2 is 2.35 bits per heavy atom. The highest BCUT2D eigenvalue weighted by Gasteiger charge is 2.27. The summed E-state index contributed by atoms with van der Waals surface area (Å²) in [4.78, 5) is 24.2. The van der Waals surface area contributed by atoms with Crippen molar-refractivity contribution in [2.75, 3.05) is 25.1 Å². The number of hydrogen-bond acceptors (Lipinski definition) is 6. The topological polar surface area (TPSA) is 122 Å². The monoisotopic (exact) mass is 280 g/mol. The quantitative estimate of drug-likeness (QED) is 0.415. The summed E-state index contributed by atoms with van der Waals surface area (Å²) >= 11 is 0. The molecule has 1 aromatic rings. The molecule has 1 fully saturated rings. The van der Waals surface area contributed by atoms with Gasteiger partial charge in [-0.25, -0.2) is 0 Å². The van der Waals surface area contributed by atoms with Crippen LogP contribution in [-0.2, 0) is 0 Å². The number of benzene rings is 1. The first-order chi connectivity index (χ1) is 9.56. The van der Waals surface area contributed by atoms with E-state index in [1.807, 2.05) is 0 Å². The minimum atomic E-state index is -0.591. The Morgan fingerprint density at radius 3 is 2.90 bits per heavy atom. The number of carbonyl (C=O) groups is 1. The molecular formula is C12H16N4O4. The van der Waals surface area contributed by atoms with E-state index in [0.29, 0.717) is 13.1 Å². The summed E-state index contributed by atoms with van der Waals surface area (Å²) in [5.74, 6) is 5.01. The molecule has 1 unspecified atom stereocenters. The summed E-state index contributed by atoms with van der Waals surface area (Å²) in [5.41, 5.74) is 2.39. The number of amides is 1. The van der Waals surface area contributed by atoms with Gasteiger partial charge in [-0.1, -0.05) is 0 Å². The molecule has 1 saturated heterocycles. The van der Waals surface area contributed by atoms with Crippen LogP contribution in [0.5, 0.6) is 0 Å². The fourth-order valence-electron chi connectivity index (χ4n) is 2.29. The molecular weight excluding hydrogens is 264 g/mol. The fraction of sp³-hybridized carbons (Fsp3) is 0.417. The third kappa shape index (κ3) is 2.70. The second-order valence-electron chi connectivity index (χ2n) is 4.72. The molecule has 1 aromatic carbocycles. The molecule has 0 aliphatic carbocycles. The van der Waals surface area contributed by atoms with Gasteiger partial charge in [-0.3, -0.25) is 20.8 Å². The Bertz CT molecular complexity index is 534. The molecule has 0 bridgehead atoms. The molecule has 0 saturated carbocycles. The smallest absolute Gasteiger partial charge is 0.294 e. The number of aliphatic hydroxyl groups excluding tert-OH is 1. The average molecular weight is 280 g/mol. The molecule has 8 heteroatoms. The number of hydrogen-bond donors (Lipinski definition) is 3. The largest absolute Gasteiger partial charge is 0.396 e. The Balaban J connectivity index is 2.23. The Kier molecular flexibility index (Phi) is 4.16. The van der Waals surface area contributed by atoms with Crippen LogP contribution >= 0.6 is 0 Å². The third-order valence-electron chi connectivity index (χ3n) is 3.43. The van der Waals surface area contributed by atoms with E-state index in [0.717, 1.165) is 6.42 Å². The van der Waals surface area contributed by atoms with Crippen LogP contribution in [0.1, 0.15) is 16.8 Å². The van der Waals surface area contributed by atoms with Crippen LogP contribution in [0.2, 0.25) is 0 Å². The summed E-state index contributed by atoms with van der Waals surface area (Å²) in [6.07, 6.45) is 0.743. The predicted molar refractivity (Wildman–Crippen MR) is 72.0 cm³/mol. The van der Waals surface area contributed by atoms with Gasteiger partial charge in [0.25, 0.3) is 11.6 Å². The Hall–Kier alpha value is -2.19. The number of aliphatic hydroxyl groups is 1. The van der Waals surface area contributed by atoms with Crippen molar-refractivity contribution in [3.05, 3.63) is 33.9 Å². The lowest BCUT2D eigenvalue weighted by atomic mass is 10.1. The highest BCUT2D eigenvalue weighted by Crippen LogP contribution is 2.26. The number of anilines is 1. The predicted octanol–water partition coefficient (Wildman–Crippen LogP) is 0.335. The van der Waals surface area contributed by atoms with Crippen molar-refractivity contribution in [3.63, 3.8) is 0 Å². The maximum atomic E-state index is 12.3. The molecule has 1 atom stereocenters. The van der Waals surface area contributed by atoms with Gasteiger partial charge in [-0.15, -0.1) is 0 Å². The van der Waals surface area contributed by atoms with Crippen molar-refractivity contribution in [2.24, 2.45) is 11.8 Å². The molecule has 2 rings (SSSR count). The van der Waals surface area contributed by atoms with Gasteiger partial charge in [0.2, 0.25) is 0 Å². The van der Waals surface area contributed by atoms with Crippen LogP contribution in [0.15, 0.2) is 18.2 Å². The second kappa shape index (κ2) is 5.85.